The summed E-state index contributed by atoms with van der Waals surface area (Å²) in [6.07, 6.45) is -3.34. The SMILES string of the molecule is CC(C)NCC1(CN(CC(F)(F)F)C(C)C)CCOC1. The van der Waals surface area contributed by atoms with E-state index in [9.17, 15) is 13.2 Å². The third-order valence-corrected chi connectivity index (χ3v) is 3.72. The third kappa shape index (κ3) is 5.97. The minimum Gasteiger partial charge on any atom is -0.381 e. The fourth-order valence-electron chi connectivity index (χ4n) is 2.47. The van der Waals surface area contributed by atoms with Crippen molar-refractivity contribution < 1.29 is 17.9 Å². The summed E-state index contributed by atoms with van der Waals surface area (Å²) in [5.41, 5.74) is -0.209. The molecule has 0 aromatic carbocycles. The van der Waals surface area contributed by atoms with Crippen molar-refractivity contribution >= 4 is 0 Å². The molecule has 1 aliphatic rings. The van der Waals surface area contributed by atoms with E-state index in [2.05, 4.69) is 5.32 Å². The van der Waals surface area contributed by atoms with Gasteiger partial charge < -0.3 is 10.1 Å². The first-order chi connectivity index (χ1) is 9.14. The van der Waals surface area contributed by atoms with Gasteiger partial charge in [-0.15, -0.1) is 0 Å². The Morgan fingerprint density at radius 2 is 1.90 bits per heavy atom. The van der Waals surface area contributed by atoms with Gasteiger partial charge in [0.15, 0.2) is 0 Å². The van der Waals surface area contributed by atoms with Crippen LogP contribution in [-0.2, 0) is 4.74 Å². The van der Waals surface area contributed by atoms with Gasteiger partial charge in [0, 0.05) is 37.2 Å². The van der Waals surface area contributed by atoms with Crippen molar-refractivity contribution in [3.05, 3.63) is 0 Å². The maximum absolute atomic E-state index is 12.7. The summed E-state index contributed by atoms with van der Waals surface area (Å²) in [6.45, 7) is 9.14. The first-order valence-electron chi connectivity index (χ1n) is 7.25. The first-order valence-corrected chi connectivity index (χ1v) is 7.25. The zero-order chi connectivity index (χ0) is 15.4. The van der Waals surface area contributed by atoms with Crippen LogP contribution in [0.1, 0.15) is 34.1 Å². The van der Waals surface area contributed by atoms with E-state index in [-0.39, 0.29) is 11.5 Å². The van der Waals surface area contributed by atoms with E-state index in [0.717, 1.165) is 6.42 Å². The van der Waals surface area contributed by atoms with Gasteiger partial charge in [0.25, 0.3) is 0 Å². The van der Waals surface area contributed by atoms with Crippen molar-refractivity contribution in [2.45, 2.75) is 52.4 Å². The average molecular weight is 296 g/mol. The van der Waals surface area contributed by atoms with Crippen LogP contribution in [0.2, 0.25) is 0 Å². The van der Waals surface area contributed by atoms with Gasteiger partial charge >= 0.3 is 6.18 Å². The molecule has 0 aliphatic carbocycles. The molecule has 0 bridgehead atoms. The van der Waals surface area contributed by atoms with Crippen LogP contribution < -0.4 is 5.32 Å². The van der Waals surface area contributed by atoms with Crippen LogP contribution in [0.15, 0.2) is 0 Å². The fourth-order valence-corrected chi connectivity index (χ4v) is 2.47. The molecule has 20 heavy (non-hydrogen) atoms. The maximum atomic E-state index is 12.7. The lowest BCUT2D eigenvalue weighted by Gasteiger charge is -2.37. The average Bonchev–Trinajstić information content (AvgIpc) is 2.73. The molecule has 1 fully saturated rings. The first kappa shape index (κ1) is 17.7. The fraction of sp³-hybridized carbons (Fsp3) is 1.00. The van der Waals surface area contributed by atoms with E-state index in [4.69, 9.17) is 4.74 Å². The lowest BCUT2D eigenvalue weighted by molar-refractivity contribution is -0.153. The van der Waals surface area contributed by atoms with Crippen molar-refractivity contribution in [2.75, 3.05) is 32.8 Å². The van der Waals surface area contributed by atoms with Gasteiger partial charge in [0.2, 0.25) is 0 Å². The molecule has 1 saturated heterocycles. The van der Waals surface area contributed by atoms with Gasteiger partial charge in [0.1, 0.15) is 0 Å². The van der Waals surface area contributed by atoms with Gasteiger partial charge in [-0.25, -0.2) is 0 Å². The number of nitrogens with zero attached hydrogens (tertiary/aromatic N) is 1. The highest BCUT2D eigenvalue weighted by Crippen LogP contribution is 2.31. The molecule has 0 aromatic heterocycles. The maximum Gasteiger partial charge on any atom is 0.401 e. The van der Waals surface area contributed by atoms with Gasteiger partial charge in [-0.2, -0.15) is 13.2 Å². The van der Waals surface area contributed by atoms with E-state index >= 15 is 0 Å². The van der Waals surface area contributed by atoms with Crippen LogP contribution in [0, 0.1) is 5.41 Å². The summed E-state index contributed by atoms with van der Waals surface area (Å²) >= 11 is 0. The largest absolute Gasteiger partial charge is 0.401 e. The number of alkyl halides is 3. The van der Waals surface area contributed by atoms with Gasteiger partial charge in [-0.1, -0.05) is 13.8 Å². The summed E-state index contributed by atoms with van der Waals surface area (Å²) in [6, 6.07) is 0.191. The molecular formula is C14H27F3N2O. The Morgan fingerprint density at radius 3 is 2.30 bits per heavy atom. The summed E-state index contributed by atoms with van der Waals surface area (Å²) in [7, 11) is 0. The Balaban J connectivity index is 2.70. The van der Waals surface area contributed by atoms with E-state index in [0.29, 0.717) is 32.3 Å². The van der Waals surface area contributed by atoms with Crippen molar-refractivity contribution in [2.24, 2.45) is 5.41 Å². The van der Waals surface area contributed by atoms with E-state index in [1.54, 1.807) is 0 Å². The highest BCUT2D eigenvalue weighted by molar-refractivity contribution is 4.90. The Morgan fingerprint density at radius 1 is 1.25 bits per heavy atom. The van der Waals surface area contributed by atoms with Gasteiger partial charge in [0.05, 0.1) is 13.2 Å². The van der Waals surface area contributed by atoms with Crippen LogP contribution in [0.3, 0.4) is 0 Å². The van der Waals surface area contributed by atoms with Gasteiger partial charge in [-0.05, 0) is 20.3 Å². The predicted molar refractivity (Wildman–Crippen MR) is 73.8 cm³/mol. The summed E-state index contributed by atoms with van der Waals surface area (Å²) in [5.74, 6) is 0. The molecule has 1 aliphatic heterocycles. The number of ether oxygens (including phenoxy) is 1. The number of rotatable bonds is 7. The molecule has 0 aromatic rings. The zero-order valence-electron chi connectivity index (χ0n) is 12.9. The molecular weight excluding hydrogens is 269 g/mol. The lowest BCUT2D eigenvalue weighted by atomic mass is 9.85. The molecule has 1 N–H and O–H groups in total. The van der Waals surface area contributed by atoms with Gasteiger partial charge in [-0.3, -0.25) is 4.90 Å². The molecule has 1 heterocycles. The molecule has 1 atom stereocenters. The van der Waals surface area contributed by atoms with E-state index in [1.807, 2.05) is 27.7 Å². The molecule has 0 radical (unpaired) electrons. The molecule has 0 amide bonds. The van der Waals surface area contributed by atoms with Crippen LogP contribution >= 0.6 is 0 Å². The Hall–Kier alpha value is -0.330. The zero-order valence-corrected chi connectivity index (χ0v) is 12.9. The molecule has 0 spiro atoms. The number of halogens is 3. The standard InChI is InChI=1S/C14H27F3N2O/c1-11(2)18-7-13(5-6-20-10-13)8-19(12(3)4)9-14(15,16)17/h11-12,18H,5-10H2,1-4H3. The van der Waals surface area contributed by atoms with Crippen molar-refractivity contribution in [3.8, 4) is 0 Å². The minimum atomic E-state index is -4.16. The predicted octanol–water partition coefficient (Wildman–Crippen LogP) is 2.66. The summed E-state index contributed by atoms with van der Waals surface area (Å²) in [5, 5.41) is 3.35. The Bertz CT molecular complexity index is 287. The highest BCUT2D eigenvalue weighted by Gasteiger charge is 2.40. The second-order valence-corrected chi connectivity index (χ2v) is 6.45. The topological polar surface area (TPSA) is 24.5 Å². The Labute approximate surface area is 119 Å². The molecule has 120 valence electrons. The van der Waals surface area contributed by atoms with Crippen LogP contribution in [0.4, 0.5) is 13.2 Å². The normalized spacial score (nSPS) is 24.3. The van der Waals surface area contributed by atoms with Crippen LogP contribution in [0.25, 0.3) is 0 Å². The second-order valence-electron chi connectivity index (χ2n) is 6.45. The quantitative estimate of drug-likeness (QED) is 0.782. The summed E-state index contributed by atoms with van der Waals surface area (Å²) in [4.78, 5) is 1.51. The van der Waals surface area contributed by atoms with Crippen molar-refractivity contribution in [1.29, 1.82) is 0 Å². The smallest absolute Gasteiger partial charge is 0.381 e. The molecule has 0 saturated carbocycles. The van der Waals surface area contributed by atoms with Crippen LogP contribution in [-0.4, -0.2) is 56.0 Å². The molecule has 1 rings (SSSR count). The summed E-state index contributed by atoms with van der Waals surface area (Å²) < 4.78 is 43.5. The Kier molecular flexibility index (Phi) is 6.28. The number of hydrogen-bond acceptors (Lipinski definition) is 3. The van der Waals surface area contributed by atoms with E-state index < -0.39 is 12.7 Å². The number of nitrogens with one attached hydrogen (secondary N) is 1. The minimum absolute atomic E-state index is 0.131. The molecule has 3 nitrogen and oxygen atoms in total. The van der Waals surface area contributed by atoms with Crippen molar-refractivity contribution in [1.82, 2.24) is 10.2 Å². The second kappa shape index (κ2) is 7.09. The van der Waals surface area contributed by atoms with E-state index in [1.165, 1.54) is 4.90 Å². The highest BCUT2D eigenvalue weighted by atomic mass is 19.4. The monoisotopic (exact) mass is 296 g/mol. The number of hydrogen-bond donors (Lipinski definition) is 1. The van der Waals surface area contributed by atoms with Crippen molar-refractivity contribution in [3.63, 3.8) is 0 Å². The lowest BCUT2D eigenvalue weighted by Crippen LogP contribution is -2.50. The third-order valence-electron chi connectivity index (χ3n) is 3.72. The molecule has 6 heteroatoms. The molecule has 1 unspecified atom stereocenters. The van der Waals surface area contributed by atoms with Crippen LogP contribution in [0.5, 0.6) is 0 Å².